The van der Waals surface area contributed by atoms with Crippen molar-refractivity contribution in [3.05, 3.63) is 33.8 Å². The number of nitrogens with one attached hydrogen (secondary N) is 2. The Hall–Kier alpha value is -1.73. The quantitative estimate of drug-likeness (QED) is 0.898. The molecule has 2 aromatic rings. The summed E-state index contributed by atoms with van der Waals surface area (Å²) in [5.41, 5.74) is 0.391. The monoisotopic (exact) mass is 305 g/mol. The predicted molar refractivity (Wildman–Crippen MR) is 81.4 cm³/mol. The van der Waals surface area contributed by atoms with E-state index in [9.17, 15) is 4.79 Å². The molecule has 112 valence electrons. The van der Waals surface area contributed by atoms with Crippen LogP contribution in [0.15, 0.2) is 18.3 Å². The normalized spacial score (nSPS) is 16.0. The molecule has 0 aliphatic carbocycles. The second-order valence-corrected chi connectivity index (χ2v) is 6.63. The molecular formula is C14H19N5OS. The number of aromatic nitrogens is 3. The van der Waals surface area contributed by atoms with Crippen molar-refractivity contribution in [1.82, 2.24) is 25.6 Å². The SMILES string of the molecule is Cc1ccc(CNC(=O)c2cn(C3CCNCC3)nn2)s1. The summed E-state index contributed by atoms with van der Waals surface area (Å²) < 4.78 is 1.82. The molecule has 7 heteroatoms. The first-order valence-corrected chi connectivity index (χ1v) is 8.00. The molecule has 0 atom stereocenters. The number of carbonyl (C=O) groups is 1. The molecule has 1 amide bonds. The molecule has 6 nitrogen and oxygen atoms in total. The van der Waals surface area contributed by atoms with E-state index in [0.29, 0.717) is 18.3 Å². The van der Waals surface area contributed by atoms with Gasteiger partial charge in [0.25, 0.3) is 5.91 Å². The van der Waals surface area contributed by atoms with Crippen LogP contribution >= 0.6 is 11.3 Å². The standard InChI is InChI=1S/C14H19N5OS/c1-10-2-3-12(21-10)8-16-14(20)13-9-19(18-17-13)11-4-6-15-7-5-11/h2-3,9,11,15H,4-8H2,1H3,(H,16,20). The van der Waals surface area contributed by atoms with Crippen LogP contribution in [0.1, 0.15) is 39.1 Å². The zero-order valence-electron chi connectivity index (χ0n) is 12.0. The molecule has 0 radical (unpaired) electrons. The molecule has 3 rings (SSSR count). The number of rotatable bonds is 4. The highest BCUT2D eigenvalue weighted by Crippen LogP contribution is 2.17. The van der Waals surface area contributed by atoms with Crippen LogP contribution in [0.2, 0.25) is 0 Å². The van der Waals surface area contributed by atoms with Crippen LogP contribution in [-0.4, -0.2) is 34.0 Å². The molecule has 1 aliphatic rings. The minimum atomic E-state index is -0.166. The van der Waals surface area contributed by atoms with Crippen molar-refractivity contribution in [2.24, 2.45) is 0 Å². The summed E-state index contributed by atoms with van der Waals surface area (Å²) in [5, 5.41) is 14.3. The van der Waals surface area contributed by atoms with Gasteiger partial charge in [0.05, 0.1) is 18.8 Å². The molecule has 2 N–H and O–H groups in total. The van der Waals surface area contributed by atoms with Gasteiger partial charge in [0.1, 0.15) is 0 Å². The number of carbonyl (C=O) groups excluding carboxylic acids is 1. The maximum absolute atomic E-state index is 12.1. The Bertz CT molecular complexity index is 614. The van der Waals surface area contributed by atoms with Crippen molar-refractivity contribution in [3.63, 3.8) is 0 Å². The average molecular weight is 305 g/mol. The van der Waals surface area contributed by atoms with E-state index in [4.69, 9.17) is 0 Å². The number of aryl methyl sites for hydroxylation is 1. The van der Waals surface area contributed by atoms with Crippen molar-refractivity contribution in [1.29, 1.82) is 0 Å². The van der Waals surface area contributed by atoms with E-state index in [1.807, 2.05) is 10.7 Å². The second kappa shape index (κ2) is 6.36. The number of nitrogens with zero attached hydrogens (tertiary/aromatic N) is 3. The van der Waals surface area contributed by atoms with Crippen molar-refractivity contribution >= 4 is 17.2 Å². The van der Waals surface area contributed by atoms with Gasteiger partial charge in [0.15, 0.2) is 5.69 Å². The minimum absolute atomic E-state index is 0.166. The van der Waals surface area contributed by atoms with Crippen LogP contribution in [0.4, 0.5) is 0 Å². The van der Waals surface area contributed by atoms with E-state index in [1.54, 1.807) is 17.5 Å². The van der Waals surface area contributed by atoms with Gasteiger partial charge in [-0.2, -0.15) is 0 Å². The molecule has 3 heterocycles. The van der Waals surface area contributed by atoms with E-state index in [1.165, 1.54) is 4.88 Å². The van der Waals surface area contributed by atoms with Crippen LogP contribution in [0.25, 0.3) is 0 Å². The number of hydrogen-bond donors (Lipinski definition) is 2. The first kappa shape index (κ1) is 14.2. The summed E-state index contributed by atoms with van der Waals surface area (Å²) in [7, 11) is 0. The smallest absolute Gasteiger partial charge is 0.273 e. The number of amides is 1. The van der Waals surface area contributed by atoms with Crippen LogP contribution in [0.5, 0.6) is 0 Å². The van der Waals surface area contributed by atoms with Gasteiger partial charge in [0, 0.05) is 9.75 Å². The third-order valence-corrected chi connectivity index (χ3v) is 4.65. The Balaban J connectivity index is 1.58. The molecule has 0 unspecified atom stereocenters. The number of hydrogen-bond acceptors (Lipinski definition) is 5. The first-order chi connectivity index (χ1) is 10.2. The Kier molecular flexibility index (Phi) is 4.31. The Morgan fingerprint density at radius 1 is 1.48 bits per heavy atom. The summed E-state index contributed by atoms with van der Waals surface area (Å²) in [6.07, 6.45) is 3.81. The highest BCUT2D eigenvalue weighted by Gasteiger charge is 2.18. The van der Waals surface area contributed by atoms with Gasteiger partial charge in [-0.25, -0.2) is 4.68 Å². The predicted octanol–water partition coefficient (Wildman–Crippen LogP) is 1.50. The van der Waals surface area contributed by atoms with Crippen LogP contribution < -0.4 is 10.6 Å². The third kappa shape index (κ3) is 3.48. The topological polar surface area (TPSA) is 71.8 Å². The maximum Gasteiger partial charge on any atom is 0.273 e. The average Bonchev–Trinajstić information content (AvgIpc) is 3.15. The Labute approximate surface area is 127 Å². The van der Waals surface area contributed by atoms with Crippen molar-refractivity contribution in [3.8, 4) is 0 Å². The molecule has 0 aromatic carbocycles. The lowest BCUT2D eigenvalue weighted by Gasteiger charge is -2.22. The first-order valence-electron chi connectivity index (χ1n) is 7.18. The molecule has 0 spiro atoms. The summed E-state index contributed by atoms with van der Waals surface area (Å²) in [4.78, 5) is 14.5. The van der Waals surface area contributed by atoms with Gasteiger partial charge in [-0.05, 0) is 45.0 Å². The van der Waals surface area contributed by atoms with Crippen LogP contribution in [0, 0.1) is 6.92 Å². The maximum atomic E-state index is 12.1. The molecule has 1 fully saturated rings. The van der Waals surface area contributed by atoms with Gasteiger partial charge >= 0.3 is 0 Å². The molecule has 0 bridgehead atoms. The number of thiophene rings is 1. The molecule has 0 saturated carbocycles. The Morgan fingerprint density at radius 2 is 2.29 bits per heavy atom. The van der Waals surface area contributed by atoms with Gasteiger partial charge in [-0.1, -0.05) is 5.21 Å². The zero-order valence-corrected chi connectivity index (χ0v) is 12.8. The fraction of sp³-hybridized carbons (Fsp3) is 0.500. The molecule has 21 heavy (non-hydrogen) atoms. The summed E-state index contributed by atoms with van der Waals surface area (Å²) >= 11 is 1.69. The van der Waals surface area contributed by atoms with Gasteiger partial charge in [-0.3, -0.25) is 4.79 Å². The molecular weight excluding hydrogens is 286 g/mol. The highest BCUT2D eigenvalue weighted by atomic mass is 32.1. The lowest BCUT2D eigenvalue weighted by atomic mass is 10.1. The largest absolute Gasteiger partial charge is 0.346 e. The lowest BCUT2D eigenvalue weighted by molar-refractivity contribution is 0.0946. The minimum Gasteiger partial charge on any atom is -0.346 e. The fourth-order valence-electron chi connectivity index (χ4n) is 2.47. The molecule has 1 aliphatic heterocycles. The van der Waals surface area contributed by atoms with E-state index in [0.717, 1.165) is 30.8 Å². The summed E-state index contributed by atoms with van der Waals surface area (Å²) in [6.45, 7) is 4.58. The number of piperidine rings is 1. The van der Waals surface area contributed by atoms with Gasteiger partial charge < -0.3 is 10.6 Å². The van der Waals surface area contributed by atoms with Crippen LogP contribution in [-0.2, 0) is 6.54 Å². The Morgan fingerprint density at radius 3 is 3.00 bits per heavy atom. The van der Waals surface area contributed by atoms with E-state index in [2.05, 4.69) is 33.9 Å². The fourth-order valence-corrected chi connectivity index (χ4v) is 3.30. The summed E-state index contributed by atoms with van der Waals surface area (Å²) in [6, 6.07) is 4.44. The van der Waals surface area contributed by atoms with Crippen molar-refractivity contribution in [2.75, 3.05) is 13.1 Å². The van der Waals surface area contributed by atoms with Gasteiger partial charge in [-0.15, -0.1) is 16.4 Å². The lowest BCUT2D eigenvalue weighted by Crippen LogP contribution is -2.29. The van der Waals surface area contributed by atoms with E-state index in [-0.39, 0.29) is 5.91 Å². The van der Waals surface area contributed by atoms with Crippen LogP contribution in [0.3, 0.4) is 0 Å². The van der Waals surface area contributed by atoms with Crippen molar-refractivity contribution in [2.45, 2.75) is 32.4 Å². The zero-order chi connectivity index (χ0) is 14.7. The van der Waals surface area contributed by atoms with Crippen molar-refractivity contribution < 1.29 is 4.79 Å². The van der Waals surface area contributed by atoms with E-state index >= 15 is 0 Å². The molecule has 2 aromatic heterocycles. The highest BCUT2D eigenvalue weighted by molar-refractivity contribution is 7.11. The summed E-state index contributed by atoms with van der Waals surface area (Å²) in [5.74, 6) is -0.166. The third-order valence-electron chi connectivity index (χ3n) is 3.64. The molecule has 1 saturated heterocycles. The van der Waals surface area contributed by atoms with Gasteiger partial charge in [0.2, 0.25) is 0 Å². The van der Waals surface area contributed by atoms with E-state index < -0.39 is 0 Å². The second-order valence-electron chi connectivity index (χ2n) is 5.26.